The Hall–Kier alpha value is -4.28. The lowest BCUT2D eigenvalue weighted by molar-refractivity contribution is -0.116. The van der Waals surface area contributed by atoms with Gasteiger partial charge in [0.15, 0.2) is 0 Å². The van der Waals surface area contributed by atoms with Gasteiger partial charge in [0.2, 0.25) is 21.8 Å². The van der Waals surface area contributed by atoms with Crippen LogP contribution in [0.2, 0.25) is 0 Å². The summed E-state index contributed by atoms with van der Waals surface area (Å²) in [6, 6.07) is 25.0. The molecule has 1 heterocycles. The van der Waals surface area contributed by atoms with Crippen LogP contribution in [0, 0.1) is 12.8 Å². The van der Waals surface area contributed by atoms with E-state index < -0.39 is 15.9 Å². The number of carbonyl (C=O) groups is 2. The summed E-state index contributed by atoms with van der Waals surface area (Å²) in [6.45, 7) is 6.91. The third kappa shape index (κ3) is 7.02. The molecule has 0 bridgehead atoms. The Morgan fingerprint density at radius 2 is 1.57 bits per heavy atom. The van der Waals surface area contributed by atoms with Gasteiger partial charge in [0.1, 0.15) is 5.82 Å². The first-order valence-corrected chi connectivity index (χ1v) is 14.4. The third-order valence-electron chi connectivity index (χ3n) is 6.03. The van der Waals surface area contributed by atoms with Crippen molar-refractivity contribution < 1.29 is 18.0 Å². The van der Waals surface area contributed by atoms with Crippen LogP contribution in [0.4, 0.5) is 11.5 Å². The van der Waals surface area contributed by atoms with Crippen LogP contribution in [0.3, 0.4) is 0 Å². The second-order valence-electron chi connectivity index (χ2n) is 9.97. The van der Waals surface area contributed by atoms with Crippen LogP contribution in [0.5, 0.6) is 0 Å². The normalized spacial score (nSPS) is 11.6. The molecule has 10 heteroatoms. The lowest BCUT2D eigenvalue weighted by Crippen LogP contribution is -2.40. The highest BCUT2D eigenvalue weighted by Crippen LogP contribution is 2.26. The zero-order valence-electron chi connectivity index (χ0n) is 23.0. The molecule has 208 valence electrons. The second kappa shape index (κ2) is 12.3. The van der Waals surface area contributed by atoms with Crippen molar-refractivity contribution in [2.75, 3.05) is 23.7 Å². The van der Waals surface area contributed by atoms with Crippen LogP contribution in [0.1, 0.15) is 26.3 Å². The molecular weight excluding hydrogens is 526 g/mol. The molecule has 0 fully saturated rings. The van der Waals surface area contributed by atoms with E-state index in [0.717, 1.165) is 16.8 Å². The maximum absolute atomic E-state index is 13.5. The first kappa shape index (κ1) is 28.7. The summed E-state index contributed by atoms with van der Waals surface area (Å²) < 4.78 is 29.9. The predicted octanol–water partition coefficient (Wildman–Crippen LogP) is 5.09. The summed E-state index contributed by atoms with van der Waals surface area (Å²) in [6.07, 6.45) is 0. The van der Waals surface area contributed by atoms with Gasteiger partial charge in [-0.2, -0.15) is 9.40 Å². The molecule has 2 N–H and O–H groups in total. The summed E-state index contributed by atoms with van der Waals surface area (Å²) in [5.41, 5.74) is 3.88. The number of nitrogens with one attached hydrogen (secondary N) is 2. The van der Waals surface area contributed by atoms with E-state index in [1.54, 1.807) is 10.7 Å². The molecule has 3 aromatic carbocycles. The molecule has 0 aliphatic carbocycles. The van der Waals surface area contributed by atoms with E-state index >= 15 is 0 Å². The average Bonchev–Trinajstić information content (AvgIpc) is 3.32. The first-order chi connectivity index (χ1) is 19.0. The van der Waals surface area contributed by atoms with Gasteiger partial charge < -0.3 is 10.6 Å². The van der Waals surface area contributed by atoms with Crippen molar-refractivity contribution in [1.29, 1.82) is 0 Å². The van der Waals surface area contributed by atoms with Crippen molar-refractivity contribution in [3.05, 3.63) is 90.5 Å². The molecule has 0 radical (unpaired) electrons. The summed E-state index contributed by atoms with van der Waals surface area (Å²) in [5, 5.41) is 10.2. The number of rotatable bonds is 10. The van der Waals surface area contributed by atoms with E-state index in [9.17, 15) is 18.0 Å². The standard InChI is InChI=1S/C30H33N5O4S/c1-21(2)19-34(40(38,39)27-16-12-25(13-17-27)31-23(4)36)20-30(37)32-29-18-28(24-8-6-5-7-9-24)33-35(29)26-14-10-22(3)11-15-26/h5-18,21H,19-20H2,1-4H3,(H,31,36)(H,32,37). The molecule has 4 rings (SSSR count). The smallest absolute Gasteiger partial charge is 0.243 e. The van der Waals surface area contributed by atoms with E-state index in [0.29, 0.717) is 17.2 Å². The van der Waals surface area contributed by atoms with Gasteiger partial charge in [-0.15, -0.1) is 0 Å². The Morgan fingerprint density at radius 1 is 0.925 bits per heavy atom. The quantitative estimate of drug-likeness (QED) is 0.281. The minimum absolute atomic E-state index is 0.0241. The number of hydrogen-bond donors (Lipinski definition) is 2. The van der Waals surface area contributed by atoms with Gasteiger partial charge in [0.05, 0.1) is 22.8 Å². The van der Waals surface area contributed by atoms with Gasteiger partial charge in [0, 0.05) is 30.8 Å². The van der Waals surface area contributed by atoms with Gasteiger partial charge >= 0.3 is 0 Å². The minimum atomic E-state index is -4.00. The Labute approximate surface area is 234 Å². The van der Waals surface area contributed by atoms with E-state index in [2.05, 4.69) is 10.6 Å². The lowest BCUT2D eigenvalue weighted by Gasteiger charge is -2.23. The molecule has 0 saturated carbocycles. The van der Waals surface area contributed by atoms with Gasteiger partial charge in [-0.25, -0.2) is 13.1 Å². The number of hydrogen-bond acceptors (Lipinski definition) is 5. The van der Waals surface area contributed by atoms with Crippen molar-refractivity contribution in [2.45, 2.75) is 32.6 Å². The van der Waals surface area contributed by atoms with Crippen molar-refractivity contribution in [3.63, 3.8) is 0 Å². The number of aromatic nitrogens is 2. The largest absolute Gasteiger partial charge is 0.326 e. The number of benzene rings is 3. The Bertz CT molecular complexity index is 1580. The van der Waals surface area contributed by atoms with Crippen molar-refractivity contribution >= 4 is 33.3 Å². The monoisotopic (exact) mass is 559 g/mol. The molecule has 0 aliphatic heterocycles. The zero-order valence-corrected chi connectivity index (χ0v) is 23.8. The molecule has 9 nitrogen and oxygen atoms in total. The molecule has 0 saturated heterocycles. The van der Waals surface area contributed by atoms with Gasteiger partial charge in [0.25, 0.3) is 0 Å². The number of aryl methyl sites for hydroxylation is 1. The predicted molar refractivity (Wildman–Crippen MR) is 157 cm³/mol. The molecule has 40 heavy (non-hydrogen) atoms. The van der Waals surface area contributed by atoms with Crippen LogP contribution in [-0.4, -0.2) is 47.4 Å². The Morgan fingerprint density at radius 3 is 2.17 bits per heavy atom. The van der Waals surface area contributed by atoms with Crippen LogP contribution >= 0.6 is 0 Å². The lowest BCUT2D eigenvalue weighted by atomic mass is 10.1. The van der Waals surface area contributed by atoms with Gasteiger partial charge in [-0.3, -0.25) is 9.59 Å². The van der Waals surface area contributed by atoms with E-state index in [4.69, 9.17) is 5.10 Å². The highest BCUT2D eigenvalue weighted by Gasteiger charge is 2.28. The summed E-state index contributed by atoms with van der Waals surface area (Å²) in [5.74, 6) is -0.348. The molecule has 0 atom stereocenters. The number of nitrogens with zero attached hydrogens (tertiary/aromatic N) is 3. The highest BCUT2D eigenvalue weighted by molar-refractivity contribution is 7.89. The first-order valence-electron chi connectivity index (χ1n) is 12.9. The molecule has 4 aromatic rings. The Kier molecular flexibility index (Phi) is 8.81. The number of sulfonamides is 1. The maximum Gasteiger partial charge on any atom is 0.243 e. The fraction of sp³-hybridized carbons (Fsp3) is 0.233. The van der Waals surface area contributed by atoms with Gasteiger partial charge in [-0.05, 0) is 49.2 Å². The van der Waals surface area contributed by atoms with Crippen LogP contribution in [0.25, 0.3) is 16.9 Å². The SMILES string of the molecule is CC(=O)Nc1ccc(S(=O)(=O)N(CC(=O)Nc2cc(-c3ccccc3)nn2-c2ccc(C)cc2)CC(C)C)cc1. The molecule has 0 unspecified atom stereocenters. The number of anilines is 2. The van der Waals surface area contributed by atoms with Crippen molar-refractivity contribution in [2.24, 2.45) is 5.92 Å². The Balaban J connectivity index is 1.61. The topological polar surface area (TPSA) is 113 Å². The minimum Gasteiger partial charge on any atom is -0.326 e. The fourth-order valence-electron chi connectivity index (χ4n) is 4.16. The summed E-state index contributed by atoms with van der Waals surface area (Å²) in [7, 11) is -4.00. The van der Waals surface area contributed by atoms with Gasteiger partial charge in [-0.1, -0.05) is 61.9 Å². The average molecular weight is 560 g/mol. The second-order valence-corrected chi connectivity index (χ2v) is 11.9. The zero-order chi connectivity index (χ0) is 28.9. The van der Waals surface area contributed by atoms with Crippen LogP contribution in [0.15, 0.2) is 89.8 Å². The highest BCUT2D eigenvalue weighted by atomic mass is 32.2. The van der Waals surface area contributed by atoms with Crippen molar-refractivity contribution in [1.82, 2.24) is 14.1 Å². The summed E-state index contributed by atoms with van der Waals surface area (Å²) in [4.78, 5) is 24.7. The number of amides is 2. The third-order valence-corrected chi connectivity index (χ3v) is 7.85. The maximum atomic E-state index is 13.5. The van der Waals surface area contributed by atoms with E-state index in [-0.39, 0.29) is 29.8 Å². The van der Waals surface area contributed by atoms with Crippen LogP contribution in [-0.2, 0) is 19.6 Å². The molecular formula is C30H33N5O4S. The van der Waals surface area contributed by atoms with E-state index in [1.807, 2.05) is 75.4 Å². The van der Waals surface area contributed by atoms with E-state index in [1.165, 1.54) is 35.5 Å². The molecule has 0 aliphatic rings. The van der Waals surface area contributed by atoms with Crippen LogP contribution < -0.4 is 10.6 Å². The summed E-state index contributed by atoms with van der Waals surface area (Å²) >= 11 is 0. The molecule has 1 aromatic heterocycles. The van der Waals surface area contributed by atoms with Crippen molar-refractivity contribution in [3.8, 4) is 16.9 Å². The fourth-order valence-corrected chi connectivity index (χ4v) is 5.72. The molecule has 0 spiro atoms. The molecule has 2 amide bonds. The number of carbonyl (C=O) groups excluding carboxylic acids is 2.